The van der Waals surface area contributed by atoms with Crippen LogP contribution in [0.2, 0.25) is 0 Å². The summed E-state index contributed by atoms with van der Waals surface area (Å²) in [6.45, 7) is 0. The molecule has 1 aromatic rings. The molecule has 0 amide bonds. The number of carboxylic acids is 1. The Morgan fingerprint density at radius 3 is 2.60 bits per heavy atom. The lowest BCUT2D eigenvalue weighted by molar-refractivity contribution is -0.385. The van der Waals surface area contributed by atoms with Gasteiger partial charge in [-0.25, -0.2) is 9.97 Å². The van der Waals surface area contributed by atoms with Crippen molar-refractivity contribution in [2.45, 2.75) is 25.3 Å². The second-order valence-corrected chi connectivity index (χ2v) is 5.39. The fraction of sp³-hybridized carbons (Fsp3) is 0.583. The lowest BCUT2D eigenvalue weighted by Gasteiger charge is -2.28. The van der Waals surface area contributed by atoms with Crippen molar-refractivity contribution in [3.8, 4) is 0 Å². The van der Waals surface area contributed by atoms with E-state index in [1.54, 1.807) is 0 Å². The highest BCUT2D eigenvalue weighted by atomic mass is 16.6. The summed E-state index contributed by atoms with van der Waals surface area (Å²) in [6.07, 6.45) is 5.14. The van der Waals surface area contributed by atoms with Gasteiger partial charge in [0.15, 0.2) is 0 Å². The molecule has 2 N–H and O–H groups in total. The van der Waals surface area contributed by atoms with Crippen LogP contribution in [0.4, 0.5) is 11.6 Å². The molecule has 106 valence electrons. The number of rotatable bonds is 4. The summed E-state index contributed by atoms with van der Waals surface area (Å²) in [5.41, 5.74) is -0.182. The minimum atomic E-state index is -0.795. The quantitative estimate of drug-likeness (QED) is 0.629. The van der Waals surface area contributed by atoms with Crippen molar-refractivity contribution in [1.82, 2.24) is 9.97 Å². The summed E-state index contributed by atoms with van der Waals surface area (Å²) in [6, 6.07) is -0.187. The van der Waals surface area contributed by atoms with Crippen molar-refractivity contribution in [3.05, 3.63) is 22.5 Å². The monoisotopic (exact) mass is 278 g/mol. The van der Waals surface area contributed by atoms with Crippen LogP contribution in [0.25, 0.3) is 0 Å². The topological polar surface area (TPSA) is 118 Å². The first-order valence-corrected chi connectivity index (χ1v) is 6.52. The van der Waals surface area contributed by atoms with Crippen LogP contribution in [0.1, 0.15) is 19.3 Å². The molecule has 2 aliphatic rings. The van der Waals surface area contributed by atoms with Gasteiger partial charge in [0.2, 0.25) is 5.95 Å². The van der Waals surface area contributed by atoms with Gasteiger partial charge in [-0.05, 0) is 31.1 Å². The molecule has 0 aliphatic heterocycles. The number of carbonyl (C=O) groups is 1. The Morgan fingerprint density at radius 2 is 2.00 bits per heavy atom. The van der Waals surface area contributed by atoms with Crippen LogP contribution in [0.15, 0.2) is 12.4 Å². The number of nitrogens with one attached hydrogen (secondary N) is 1. The number of carboxylic acid groups (broad SMARTS) is 1. The minimum Gasteiger partial charge on any atom is -0.481 e. The van der Waals surface area contributed by atoms with Crippen molar-refractivity contribution in [2.24, 2.45) is 17.8 Å². The van der Waals surface area contributed by atoms with Gasteiger partial charge in [0.1, 0.15) is 12.4 Å². The van der Waals surface area contributed by atoms with E-state index in [1.807, 2.05) is 0 Å². The molecule has 2 aliphatic carbocycles. The van der Waals surface area contributed by atoms with E-state index >= 15 is 0 Å². The van der Waals surface area contributed by atoms with Crippen LogP contribution in [-0.2, 0) is 4.79 Å². The third-order valence-electron chi connectivity index (χ3n) is 4.35. The Bertz CT molecular complexity index is 547. The van der Waals surface area contributed by atoms with Crippen molar-refractivity contribution in [3.63, 3.8) is 0 Å². The molecule has 0 radical (unpaired) electrons. The zero-order chi connectivity index (χ0) is 14.3. The number of hydrogen-bond donors (Lipinski definition) is 2. The average molecular weight is 278 g/mol. The molecule has 8 nitrogen and oxygen atoms in total. The molecule has 0 aromatic carbocycles. The van der Waals surface area contributed by atoms with E-state index in [2.05, 4.69) is 15.3 Å². The van der Waals surface area contributed by atoms with E-state index in [0.29, 0.717) is 5.92 Å². The molecular weight excluding hydrogens is 264 g/mol. The maximum absolute atomic E-state index is 11.4. The molecule has 8 heteroatoms. The van der Waals surface area contributed by atoms with Gasteiger partial charge in [-0.1, -0.05) is 0 Å². The Morgan fingerprint density at radius 1 is 1.35 bits per heavy atom. The molecule has 4 unspecified atom stereocenters. The zero-order valence-corrected chi connectivity index (χ0v) is 10.6. The summed E-state index contributed by atoms with van der Waals surface area (Å²) in [7, 11) is 0. The van der Waals surface area contributed by atoms with Crippen molar-refractivity contribution >= 4 is 17.6 Å². The standard InChI is InChI=1S/C12H14N4O4/c17-11(18)9-6-1-2-7(3-6)10(9)15-12-13-4-8(5-14-12)16(19)20/h4-7,9-10H,1-3H2,(H,17,18)(H,13,14,15). The molecule has 1 aromatic heterocycles. The molecule has 1 heterocycles. The molecular formula is C12H14N4O4. The van der Waals surface area contributed by atoms with Gasteiger partial charge in [0.05, 0.1) is 10.8 Å². The van der Waals surface area contributed by atoms with Crippen LogP contribution in [0, 0.1) is 27.9 Å². The fourth-order valence-electron chi connectivity index (χ4n) is 3.49. The lowest BCUT2D eigenvalue weighted by atomic mass is 9.84. The van der Waals surface area contributed by atoms with Crippen molar-refractivity contribution in [1.29, 1.82) is 0 Å². The molecule has 2 saturated carbocycles. The number of aliphatic carboxylic acids is 1. The van der Waals surface area contributed by atoms with E-state index in [4.69, 9.17) is 0 Å². The van der Waals surface area contributed by atoms with Crippen LogP contribution in [0.5, 0.6) is 0 Å². The first-order chi connectivity index (χ1) is 9.56. The number of hydrogen-bond acceptors (Lipinski definition) is 6. The fourth-order valence-corrected chi connectivity index (χ4v) is 3.49. The van der Waals surface area contributed by atoms with Gasteiger partial charge >= 0.3 is 11.7 Å². The maximum Gasteiger partial charge on any atom is 0.308 e. The molecule has 4 atom stereocenters. The van der Waals surface area contributed by atoms with Gasteiger partial charge < -0.3 is 10.4 Å². The van der Waals surface area contributed by atoms with E-state index in [0.717, 1.165) is 31.7 Å². The van der Waals surface area contributed by atoms with Gasteiger partial charge in [0.25, 0.3) is 0 Å². The number of anilines is 1. The third kappa shape index (κ3) is 2.06. The molecule has 20 heavy (non-hydrogen) atoms. The van der Waals surface area contributed by atoms with Gasteiger partial charge in [0, 0.05) is 6.04 Å². The smallest absolute Gasteiger partial charge is 0.308 e. The average Bonchev–Trinajstić information content (AvgIpc) is 3.00. The summed E-state index contributed by atoms with van der Waals surface area (Å²) in [5, 5.41) is 22.9. The summed E-state index contributed by atoms with van der Waals surface area (Å²) in [4.78, 5) is 29.1. The molecule has 0 saturated heterocycles. The van der Waals surface area contributed by atoms with Gasteiger partial charge in [-0.3, -0.25) is 14.9 Å². The number of fused-ring (bicyclic) bond motifs is 2. The Balaban J connectivity index is 1.76. The van der Waals surface area contributed by atoms with E-state index < -0.39 is 16.8 Å². The first kappa shape index (κ1) is 12.8. The maximum atomic E-state index is 11.4. The highest BCUT2D eigenvalue weighted by Crippen LogP contribution is 2.49. The highest BCUT2D eigenvalue weighted by Gasteiger charge is 2.51. The summed E-state index contributed by atoms with van der Waals surface area (Å²) in [5.74, 6) is -0.434. The first-order valence-electron chi connectivity index (χ1n) is 6.52. The molecule has 2 fully saturated rings. The predicted molar refractivity (Wildman–Crippen MR) is 68.1 cm³/mol. The van der Waals surface area contributed by atoms with Gasteiger partial charge in [-0.15, -0.1) is 0 Å². The second kappa shape index (κ2) is 4.69. The van der Waals surface area contributed by atoms with Crippen LogP contribution < -0.4 is 5.32 Å². The SMILES string of the molecule is O=C(O)C1C2CCC(C2)C1Nc1ncc([N+](=O)[O-])cn1. The number of nitrogens with zero attached hydrogens (tertiary/aromatic N) is 3. The largest absolute Gasteiger partial charge is 0.481 e. The number of nitro groups is 1. The third-order valence-corrected chi connectivity index (χ3v) is 4.35. The molecule has 3 rings (SSSR count). The van der Waals surface area contributed by atoms with E-state index in [-0.39, 0.29) is 23.6 Å². The van der Waals surface area contributed by atoms with Crippen LogP contribution in [-0.4, -0.2) is 32.0 Å². The summed E-state index contributed by atoms with van der Waals surface area (Å²) < 4.78 is 0. The summed E-state index contributed by atoms with van der Waals surface area (Å²) >= 11 is 0. The van der Waals surface area contributed by atoms with Gasteiger partial charge in [-0.2, -0.15) is 0 Å². The highest BCUT2D eigenvalue weighted by molar-refractivity contribution is 5.73. The van der Waals surface area contributed by atoms with Crippen LogP contribution >= 0.6 is 0 Å². The van der Waals surface area contributed by atoms with Crippen LogP contribution in [0.3, 0.4) is 0 Å². The zero-order valence-electron chi connectivity index (χ0n) is 10.6. The lowest BCUT2D eigenvalue weighted by Crippen LogP contribution is -2.39. The van der Waals surface area contributed by atoms with E-state index in [1.165, 1.54) is 0 Å². The molecule has 2 bridgehead atoms. The van der Waals surface area contributed by atoms with Crippen molar-refractivity contribution in [2.75, 3.05) is 5.32 Å². The Hall–Kier alpha value is -2.25. The normalized spacial score (nSPS) is 31.2. The Kier molecular flexibility index (Phi) is 3.00. The predicted octanol–water partition coefficient (Wildman–Crippen LogP) is 1.30. The Labute approximate surface area is 114 Å². The van der Waals surface area contributed by atoms with Crippen molar-refractivity contribution < 1.29 is 14.8 Å². The van der Waals surface area contributed by atoms with E-state index in [9.17, 15) is 20.0 Å². The molecule has 0 spiro atoms. The minimum absolute atomic E-state index is 0.182. The number of aromatic nitrogens is 2. The second-order valence-electron chi connectivity index (χ2n) is 5.39.